The average molecular weight is 250 g/mol. The van der Waals surface area contributed by atoms with Gasteiger partial charge < -0.3 is 0 Å². The molecule has 0 bridgehead atoms. The van der Waals surface area contributed by atoms with E-state index in [-0.39, 0.29) is 0 Å². The molecule has 2 aromatic carbocycles. The molecule has 94 valence electrons. The van der Waals surface area contributed by atoms with Crippen LogP contribution in [0.25, 0.3) is 22.5 Å². The summed E-state index contributed by atoms with van der Waals surface area (Å²) in [7, 11) is 1.77. The van der Waals surface area contributed by atoms with E-state index in [1.807, 2.05) is 24.3 Å². The van der Waals surface area contributed by atoms with Crippen LogP contribution in [0.2, 0.25) is 0 Å². The first-order valence-corrected chi connectivity index (χ1v) is 6.14. The van der Waals surface area contributed by atoms with E-state index in [9.17, 15) is 0 Å². The zero-order valence-electron chi connectivity index (χ0n) is 10.9. The highest BCUT2D eigenvalue weighted by Crippen LogP contribution is 2.27. The van der Waals surface area contributed by atoms with E-state index < -0.39 is 0 Å². The van der Waals surface area contributed by atoms with E-state index in [2.05, 4.69) is 46.6 Å². The van der Waals surface area contributed by atoms with Crippen molar-refractivity contribution in [3.8, 4) is 22.5 Å². The molecule has 19 heavy (non-hydrogen) atoms. The normalized spacial score (nSPS) is 10.6. The van der Waals surface area contributed by atoms with Crippen molar-refractivity contribution in [1.29, 1.82) is 0 Å². The van der Waals surface area contributed by atoms with Gasteiger partial charge in [0.25, 0.3) is 0 Å². The lowest BCUT2D eigenvalue weighted by Gasteiger charge is -2.07. The predicted octanol–water partition coefficient (Wildman–Crippen LogP) is 2.85. The first kappa shape index (κ1) is 11.6. The molecule has 3 aromatic rings. The highest BCUT2D eigenvalue weighted by molar-refractivity contribution is 5.72. The van der Waals surface area contributed by atoms with E-state index in [1.54, 1.807) is 7.05 Å². The summed E-state index contributed by atoms with van der Waals surface area (Å²) in [6.07, 6.45) is 0. The summed E-state index contributed by atoms with van der Waals surface area (Å²) in [6.45, 7) is 2.11. The molecule has 4 heteroatoms. The number of aromatic nitrogens is 4. The van der Waals surface area contributed by atoms with Crippen LogP contribution in [0.3, 0.4) is 0 Å². The Morgan fingerprint density at radius 3 is 2.42 bits per heavy atom. The molecule has 1 heterocycles. The first-order chi connectivity index (χ1) is 9.24. The van der Waals surface area contributed by atoms with Crippen LogP contribution >= 0.6 is 0 Å². The number of benzene rings is 2. The highest BCUT2D eigenvalue weighted by atomic mass is 15.6. The van der Waals surface area contributed by atoms with Gasteiger partial charge in [0, 0.05) is 5.56 Å². The quantitative estimate of drug-likeness (QED) is 0.702. The molecule has 4 nitrogen and oxygen atoms in total. The largest absolute Gasteiger partial charge is 0.204 e. The maximum Gasteiger partial charge on any atom is 0.204 e. The fourth-order valence-electron chi connectivity index (χ4n) is 2.09. The average Bonchev–Trinajstić information content (AvgIpc) is 2.87. The minimum atomic E-state index is 0.652. The molecule has 1 aromatic heterocycles. The lowest BCUT2D eigenvalue weighted by atomic mass is 9.98. The SMILES string of the molecule is Cc1ccc(-c2nnn(C)n2)cc1-c1ccccc1. The first-order valence-electron chi connectivity index (χ1n) is 6.14. The van der Waals surface area contributed by atoms with Gasteiger partial charge in [-0.1, -0.05) is 42.5 Å². The molecule has 0 aliphatic heterocycles. The van der Waals surface area contributed by atoms with Gasteiger partial charge in [0.05, 0.1) is 7.05 Å². The Morgan fingerprint density at radius 2 is 1.74 bits per heavy atom. The second-order valence-electron chi connectivity index (χ2n) is 4.50. The van der Waals surface area contributed by atoms with Gasteiger partial charge in [0.15, 0.2) is 0 Å². The standard InChI is InChI=1S/C15H14N4/c1-11-8-9-13(15-16-18-19(2)17-15)10-14(11)12-6-4-3-5-7-12/h3-10H,1-2H3. The fraction of sp³-hybridized carbons (Fsp3) is 0.133. The number of aryl methyl sites for hydroxylation is 2. The van der Waals surface area contributed by atoms with Crippen molar-refractivity contribution in [3.05, 3.63) is 54.1 Å². The van der Waals surface area contributed by atoms with E-state index in [0.717, 1.165) is 5.56 Å². The van der Waals surface area contributed by atoms with Crippen molar-refractivity contribution >= 4 is 0 Å². The molecule has 0 saturated carbocycles. The predicted molar refractivity (Wildman–Crippen MR) is 74.4 cm³/mol. The topological polar surface area (TPSA) is 43.6 Å². The van der Waals surface area contributed by atoms with Crippen LogP contribution in [-0.4, -0.2) is 20.2 Å². The molecule has 0 saturated heterocycles. The smallest absolute Gasteiger partial charge is 0.167 e. The second kappa shape index (κ2) is 4.65. The van der Waals surface area contributed by atoms with Gasteiger partial charge in [-0.3, -0.25) is 0 Å². The summed E-state index contributed by atoms with van der Waals surface area (Å²) in [6, 6.07) is 16.6. The molecule has 0 N–H and O–H groups in total. The number of tetrazole rings is 1. The van der Waals surface area contributed by atoms with Crippen molar-refractivity contribution in [2.24, 2.45) is 7.05 Å². The summed E-state index contributed by atoms with van der Waals surface area (Å²) in [4.78, 5) is 1.47. The molecule has 3 rings (SSSR count). The maximum atomic E-state index is 4.24. The summed E-state index contributed by atoms with van der Waals surface area (Å²) in [5.74, 6) is 0.652. The van der Waals surface area contributed by atoms with Crippen LogP contribution in [-0.2, 0) is 7.05 Å². The van der Waals surface area contributed by atoms with Gasteiger partial charge in [0.1, 0.15) is 0 Å². The van der Waals surface area contributed by atoms with Gasteiger partial charge in [-0.15, -0.1) is 10.2 Å². The molecule has 0 aliphatic rings. The summed E-state index contributed by atoms with van der Waals surface area (Å²) in [5, 5.41) is 12.2. The Kier molecular flexibility index (Phi) is 2.83. The van der Waals surface area contributed by atoms with Crippen LogP contribution in [0, 0.1) is 6.92 Å². The van der Waals surface area contributed by atoms with Crippen molar-refractivity contribution in [3.63, 3.8) is 0 Å². The van der Waals surface area contributed by atoms with Crippen LogP contribution in [0.1, 0.15) is 5.56 Å². The monoisotopic (exact) mass is 250 g/mol. The Morgan fingerprint density at radius 1 is 0.947 bits per heavy atom. The molecule has 0 atom stereocenters. The Balaban J connectivity index is 2.11. The second-order valence-corrected chi connectivity index (χ2v) is 4.50. The van der Waals surface area contributed by atoms with E-state index in [1.165, 1.54) is 21.5 Å². The van der Waals surface area contributed by atoms with E-state index in [0.29, 0.717) is 5.82 Å². The lowest BCUT2D eigenvalue weighted by Crippen LogP contribution is -1.92. The molecular formula is C15H14N4. The molecule has 0 unspecified atom stereocenters. The molecule has 0 amide bonds. The Labute approximate surface area is 111 Å². The molecule has 0 radical (unpaired) electrons. The zero-order chi connectivity index (χ0) is 13.2. The molecule has 0 spiro atoms. The third-order valence-corrected chi connectivity index (χ3v) is 3.09. The van der Waals surface area contributed by atoms with Gasteiger partial charge in [-0.25, -0.2) is 0 Å². The third-order valence-electron chi connectivity index (χ3n) is 3.09. The Hall–Kier alpha value is -2.49. The lowest BCUT2D eigenvalue weighted by molar-refractivity contribution is 0.630. The van der Waals surface area contributed by atoms with Crippen molar-refractivity contribution in [2.75, 3.05) is 0 Å². The molecule has 0 fully saturated rings. The van der Waals surface area contributed by atoms with Crippen LogP contribution in [0.4, 0.5) is 0 Å². The highest BCUT2D eigenvalue weighted by Gasteiger charge is 2.08. The van der Waals surface area contributed by atoms with E-state index >= 15 is 0 Å². The zero-order valence-corrected chi connectivity index (χ0v) is 10.9. The van der Waals surface area contributed by atoms with Crippen molar-refractivity contribution in [2.45, 2.75) is 6.92 Å². The van der Waals surface area contributed by atoms with E-state index in [4.69, 9.17) is 0 Å². The van der Waals surface area contributed by atoms with Gasteiger partial charge in [-0.2, -0.15) is 4.80 Å². The Bertz CT molecular complexity index is 701. The minimum Gasteiger partial charge on any atom is -0.167 e. The number of hydrogen-bond acceptors (Lipinski definition) is 3. The minimum absolute atomic E-state index is 0.652. The molecule has 0 aliphatic carbocycles. The number of hydrogen-bond donors (Lipinski definition) is 0. The third kappa shape index (κ3) is 2.25. The number of rotatable bonds is 2. The van der Waals surface area contributed by atoms with Crippen molar-refractivity contribution in [1.82, 2.24) is 20.2 Å². The summed E-state index contributed by atoms with van der Waals surface area (Å²) < 4.78 is 0. The molecular weight excluding hydrogens is 236 g/mol. The van der Waals surface area contributed by atoms with Crippen LogP contribution < -0.4 is 0 Å². The van der Waals surface area contributed by atoms with Crippen LogP contribution in [0.15, 0.2) is 48.5 Å². The van der Waals surface area contributed by atoms with Gasteiger partial charge in [0.2, 0.25) is 5.82 Å². The van der Waals surface area contributed by atoms with Gasteiger partial charge >= 0.3 is 0 Å². The number of nitrogens with zero attached hydrogens (tertiary/aromatic N) is 4. The maximum absolute atomic E-state index is 4.24. The van der Waals surface area contributed by atoms with Crippen LogP contribution in [0.5, 0.6) is 0 Å². The fourth-order valence-corrected chi connectivity index (χ4v) is 2.09. The summed E-state index contributed by atoms with van der Waals surface area (Å²) >= 11 is 0. The summed E-state index contributed by atoms with van der Waals surface area (Å²) in [5.41, 5.74) is 4.62. The van der Waals surface area contributed by atoms with Crippen molar-refractivity contribution < 1.29 is 0 Å². The van der Waals surface area contributed by atoms with Gasteiger partial charge in [-0.05, 0) is 34.9 Å².